The van der Waals surface area contributed by atoms with Gasteiger partial charge in [0.1, 0.15) is 0 Å². The minimum Gasteiger partial charge on any atom is -0.209 e. The molecule has 1 atom stereocenters. The molecule has 1 aliphatic rings. The summed E-state index contributed by atoms with van der Waals surface area (Å²) in [6, 6.07) is 8.03. The summed E-state index contributed by atoms with van der Waals surface area (Å²) in [5, 5.41) is 0. The summed E-state index contributed by atoms with van der Waals surface area (Å²) in [6.45, 7) is 7.91. The van der Waals surface area contributed by atoms with Crippen molar-refractivity contribution in [3.05, 3.63) is 89.5 Å². The molecule has 3 rings (SSSR count). The highest BCUT2D eigenvalue weighted by atomic mass is 79.9. The summed E-state index contributed by atoms with van der Waals surface area (Å²) >= 11 is 3.48. The molecule has 1 heterocycles. The summed E-state index contributed by atoms with van der Waals surface area (Å²) < 4.78 is 1.03. The van der Waals surface area contributed by atoms with Gasteiger partial charge in [0, 0.05) is 10.0 Å². The van der Waals surface area contributed by atoms with Gasteiger partial charge in [-0.05, 0) is 42.5 Å². The lowest BCUT2D eigenvalue weighted by atomic mass is 9.95. The van der Waals surface area contributed by atoms with Gasteiger partial charge in [-0.25, -0.2) is 15.0 Å². The molecular formula is C23H22BrN3. The Balaban J connectivity index is 2.10. The van der Waals surface area contributed by atoms with Crippen LogP contribution in [0, 0.1) is 5.92 Å². The summed E-state index contributed by atoms with van der Waals surface area (Å²) in [6.07, 6.45) is 14.9. The van der Waals surface area contributed by atoms with E-state index in [1.165, 1.54) is 0 Å². The molecule has 136 valence electrons. The van der Waals surface area contributed by atoms with E-state index in [1.54, 1.807) is 6.08 Å². The molecule has 0 spiro atoms. The molecule has 0 amide bonds. The van der Waals surface area contributed by atoms with E-state index < -0.39 is 0 Å². The molecule has 1 aromatic heterocycles. The molecule has 1 aromatic carbocycles. The molecule has 0 radical (unpaired) electrons. The fourth-order valence-electron chi connectivity index (χ4n) is 2.79. The minimum atomic E-state index is 0.480. The molecule has 0 bridgehead atoms. The third kappa shape index (κ3) is 4.98. The van der Waals surface area contributed by atoms with Crippen LogP contribution in [0.25, 0.3) is 22.5 Å². The standard InChI is InChI=1S/C23H22BrN3/c1-4-5-6-9-17(3)21-25-22(18-11-13-20(24)14-12-18)27-23(26-21)19-10-7-8-16(2)15-19/h4-14,16H,1,15H2,2-3H3/b6-5-,17-9+. The van der Waals surface area contributed by atoms with Crippen LogP contribution in [-0.2, 0) is 0 Å². The topological polar surface area (TPSA) is 38.7 Å². The van der Waals surface area contributed by atoms with E-state index in [0.717, 1.165) is 33.4 Å². The molecule has 1 aliphatic carbocycles. The first-order valence-electron chi connectivity index (χ1n) is 8.93. The second-order valence-electron chi connectivity index (χ2n) is 6.54. The summed E-state index contributed by atoms with van der Waals surface area (Å²) in [4.78, 5) is 14.2. The third-order valence-electron chi connectivity index (χ3n) is 4.25. The maximum Gasteiger partial charge on any atom is 0.164 e. The van der Waals surface area contributed by atoms with Crippen LogP contribution in [0.2, 0.25) is 0 Å². The Morgan fingerprint density at radius 1 is 1.11 bits per heavy atom. The maximum absolute atomic E-state index is 4.77. The molecule has 3 nitrogen and oxygen atoms in total. The van der Waals surface area contributed by atoms with E-state index in [4.69, 9.17) is 15.0 Å². The van der Waals surface area contributed by atoms with Gasteiger partial charge in [0.05, 0.1) is 0 Å². The van der Waals surface area contributed by atoms with Crippen molar-refractivity contribution >= 4 is 27.1 Å². The average molecular weight is 420 g/mol. The Kier molecular flexibility index (Phi) is 6.30. The number of rotatable bonds is 5. The van der Waals surface area contributed by atoms with Crippen LogP contribution < -0.4 is 0 Å². The SMILES string of the molecule is C=C/C=C\C=C(/C)c1nc(C2=CC=CC(C)C2)nc(-c2ccc(Br)cc2)n1. The minimum absolute atomic E-state index is 0.480. The molecule has 0 saturated carbocycles. The lowest BCUT2D eigenvalue weighted by Gasteiger charge is -2.15. The Labute approximate surface area is 169 Å². The lowest BCUT2D eigenvalue weighted by molar-refractivity contribution is 0.742. The number of aromatic nitrogens is 3. The number of nitrogens with zero attached hydrogens (tertiary/aromatic N) is 3. The van der Waals surface area contributed by atoms with Crippen LogP contribution in [0.15, 0.2) is 77.8 Å². The molecule has 0 fully saturated rings. The largest absolute Gasteiger partial charge is 0.209 e. The predicted molar refractivity (Wildman–Crippen MR) is 117 cm³/mol. The highest BCUT2D eigenvalue weighted by molar-refractivity contribution is 9.10. The Morgan fingerprint density at radius 2 is 1.85 bits per heavy atom. The normalized spacial score (nSPS) is 17.2. The first kappa shape index (κ1) is 19.2. The van der Waals surface area contributed by atoms with E-state index in [9.17, 15) is 0 Å². The van der Waals surface area contributed by atoms with Crippen molar-refractivity contribution in [3.63, 3.8) is 0 Å². The smallest absolute Gasteiger partial charge is 0.164 e. The fraction of sp³-hybridized carbons (Fsp3) is 0.174. The Morgan fingerprint density at radius 3 is 2.56 bits per heavy atom. The summed E-state index contributed by atoms with van der Waals surface area (Å²) in [5.74, 6) is 2.60. The van der Waals surface area contributed by atoms with Gasteiger partial charge in [0.2, 0.25) is 0 Å². The van der Waals surface area contributed by atoms with Gasteiger partial charge < -0.3 is 0 Å². The van der Waals surface area contributed by atoms with Crippen LogP contribution in [-0.4, -0.2) is 15.0 Å². The number of benzene rings is 1. The maximum atomic E-state index is 4.77. The predicted octanol–water partition coefficient (Wildman–Crippen LogP) is 6.43. The van der Waals surface area contributed by atoms with Gasteiger partial charge in [0.25, 0.3) is 0 Å². The second kappa shape index (κ2) is 8.87. The number of hydrogen-bond donors (Lipinski definition) is 0. The van der Waals surface area contributed by atoms with Gasteiger partial charge in [0.15, 0.2) is 17.5 Å². The van der Waals surface area contributed by atoms with Crippen molar-refractivity contribution in [1.29, 1.82) is 0 Å². The molecule has 1 unspecified atom stereocenters. The van der Waals surface area contributed by atoms with Crippen molar-refractivity contribution in [1.82, 2.24) is 15.0 Å². The van der Waals surface area contributed by atoms with E-state index in [1.807, 2.05) is 49.4 Å². The molecule has 4 heteroatoms. The van der Waals surface area contributed by atoms with Crippen molar-refractivity contribution < 1.29 is 0 Å². The quantitative estimate of drug-likeness (QED) is 0.524. The van der Waals surface area contributed by atoms with Gasteiger partial charge >= 0.3 is 0 Å². The number of hydrogen-bond acceptors (Lipinski definition) is 3. The summed E-state index contributed by atoms with van der Waals surface area (Å²) in [5.41, 5.74) is 3.09. The zero-order valence-electron chi connectivity index (χ0n) is 15.6. The number of halogens is 1. The molecule has 0 N–H and O–H groups in total. The van der Waals surface area contributed by atoms with Gasteiger partial charge in [-0.15, -0.1) is 0 Å². The Bertz CT molecular complexity index is 950. The van der Waals surface area contributed by atoms with E-state index in [0.29, 0.717) is 17.6 Å². The summed E-state index contributed by atoms with van der Waals surface area (Å²) in [7, 11) is 0. The van der Waals surface area contributed by atoms with Crippen LogP contribution >= 0.6 is 15.9 Å². The third-order valence-corrected chi connectivity index (χ3v) is 4.78. The first-order chi connectivity index (χ1) is 13.1. The fourth-order valence-corrected chi connectivity index (χ4v) is 3.05. The van der Waals surface area contributed by atoms with E-state index in [2.05, 4.69) is 47.7 Å². The highest BCUT2D eigenvalue weighted by Gasteiger charge is 2.16. The average Bonchev–Trinajstić information content (AvgIpc) is 2.68. The molecular weight excluding hydrogens is 398 g/mol. The second-order valence-corrected chi connectivity index (χ2v) is 7.46. The van der Waals surface area contributed by atoms with Gasteiger partial charge in [-0.3, -0.25) is 0 Å². The Hall–Kier alpha value is -2.59. The van der Waals surface area contributed by atoms with Crippen molar-refractivity contribution in [2.45, 2.75) is 20.3 Å². The van der Waals surface area contributed by atoms with E-state index >= 15 is 0 Å². The van der Waals surface area contributed by atoms with Gasteiger partial charge in [-0.1, -0.05) is 84.1 Å². The van der Waals surface area contributed by atoms with Crippen molar-refractivity contribution in [3.8, 4) is 11.4 Å². The molecule has 27 heavy (non-hydrogen) atoms. The zero-order chi connectivity index (χ0) is 19.2. The van der Waals surface area contributed by atoms with E-state index in [-0.39, 0.29) is 0 Å². The molecule has 0 aliphatic heterocycles. The molecule has 0 saturated heterocycles. The van der Waals surface area contributed by atoms with Crippen LogP contribution in [0.3, 0.4) is 0 Å². The van der Waals surface area contributed by atoms with Crippen molar-refractivity contribution in [2.24, 2.45) is 5.92 Å². The molecule has 2 aromatic rings. The highest BCUT2D eigenvalue weighted by Crippen LogP contribution is 2.27. The zero-order valence-corrected chi connectivity index (χ0v) is 17.1. The number of allylic oxidation sites excluding steroid dienone is 9. The van der Waals surface area contributed by atoms with Crippen LogP contribution in [0.4, 0.5) is 0 Å². The van der Waals surface area contributed by atoms with Crippen molar-refractivity contribution in [2.75, 3.05) is 0 Å². The van der Waals surface area contributed by atoms with Gasteiger partial charge in [-0.2, -0.15) is 0 Å². The van der Waals surface area contributed by atoms with Crippen LogP contribution in [0.1, 0.15) is 31.9 Å². The lowest BCUT2D eigenvalue weighted by Crippen LogP contribution is -2.07. The monoisotopic (exact) mass is 419 g/mol. The van der Waals surface area contributed by atoms with Crippen LogP contribution in [0.5, 0.6) is 0 Å². The first-order valence-corrected chi connectivity index (χ1v) is 9.72.